The third-order valence-corrected chi connectivity index (χ3v) is 2.38. The minimum Gasteiger partial charge on any atom is -0.390 e. The van der Waals surface area contributed by atoms with E-state index in [2.05, 4.69) is 9.97 Å². The van der Waals surface area contributed by atoms with Crippen LogP contribution in [-0.2, 0) is 26.4 Å². The van der Waals surface area contributed by atoms with Crippen LogP contribution in [-0.4, -0.2) is 30.4 Å². The van der Waals surface area contributed by atoms with Crippen molar-refractivity contribution in [3.8, 4) is 0 Å². The van der Waals surface area contributed by atoms with Crippen molar-refractivity contribution in [1.82, 2.24) is 9.97 Å². The van der Waals surface area contributed by atoms with Gasteiger partial charge < -0.3 is 20.4 Å². The summed E-state index contributed by atoms with van der Waals surface area (Å²) in [5, 5.41) is 34.5. The van der Waals surface area contributed by atoms with Crippen LogP contribution in [0.3, 0.4) is 0 Å². The Balaban J connectivity index is 0.000000200. The molecule has 0 aliphatic rings. The standard InChI is InChI=1S/2C7H9NO2/c2*9-4-6-2-1-3-7(5-10)8-6/h2*1-3,9-10H,4-5H2. The lowest BCUT2D eigenvalue weighted by Crippen LogP contribution is -1.93. The van der Waals surface area contributed by atoms with Gasteiger partial charge in [-0.15, -0.1) is 0 Å². The van der Waals surface area contributed by atoms with Gasteiger partial charge in [0.1, 0.15) is 0 Å². The molecule has 0 aliphatic carbocycles. The predicted octanol–water partition coefficient (Wildman–Crippen LogP) is 0.132. The van der Waals surface area contributed by atoms with E-state index in [1.54, 1.807) is 36.4 Å². The van der Waals surface area contributed by atoms with E-state index in [0.717, 1.165) is 0 Å². The maximum atomic E-state index is 8.61. The van der Waals surface area contributed by atoms with Gasteiger partial charge in [-0.2, -0.15) is 0 Å². The molecule has 0 atom stereocenters. The molecule has 0 spiro atoms. The van der Waals surface area contributed by atoms with Crippen LogP contribution < -0.4 is 0 Å². The fraction of sp³-hybridized carbons (Fsp3) is 0.286. The van der Waals surface area contributed by atoms with Gasteiger partial charge in [-0.1, -0.05) is 12.1 Å². The lowest BCUT2D eigenvalue weighted by atomic mass is 10.3. The number of pyridine rings is 2. The number of hydrogen-bond acceptors (Lipinski definition) is 6. The van der Waals surface area contributed by atoms with Crippen molar-refractivity contribution in [1.29, 1.82) is 0 Å². The smallest absolute Gasteiger partial charge is 0.0853 e. The van der Waals surface area contributed by atoms with Crippen molar-refractivity contribution in [3.05, 3.63) is 59.2 Å². The molecule has 6 heteroatoms. The molecule has 108 valence electrons. The molecule has 0 radical (unpaired) electrons. The van der Waals surface area contributed by atoms with E-state index in [-0.39, 0.29) is 26.4 Å². The van der Waals surface area contributed by atoms with Gasteiger partial charge in [0, 0.05) is 0 Å². The average Bonchev–Trinajstić information content (AvgIpc) is 2.55. The van der Waals surface area contributed by atoms with Gasteiger partial charge in [-0.25, -0.2) is 0 Å². The zero-order valence-electron chi connectivity index (χ0n) is 11.0. The molecule has 2 rings (SSSR count). The summed E-state index contributed by atoms with van der Waals surface area (Å²) in [5.41, 5.74) is 2.36. The largest absolute Gasteiger partial charge is 0.390 e. The minimum atomic E-state index is -0.0756. The SMILES string of the molecule is OCc1cccc(CO)n1.OCc1cccc(CO)n1. The van der Waals surface area contributed by atoms with Crippen molar-refractivity contribution in [3.63, 3.8) is 0 Å². The highest BCUT2D eigenvalue weighted by atomic mass is 16.3. The molecule has 0 aromatic carbocycles. The molecule has 0 unspecified atom stereocenters. The van der Waals surface area contributed by atoms with E-state index < -0.39 is 0 Å². The molecule has 6 nitrogen and oxygen atoms in total. The molecule has 2 heterocycles. The fourth-order valence-corrected chi connectivity index (χ4v) is 1.41. The summed E-state index contributed by atoms with van der Waals surface area (Å²) in [5.74, 6) is 0. The first-order chi connectivity index (χ1) is 9.73. The molecule has 4 N–H and O–H groups in total. The molecule has 0 amide bonds. The van der Waals surface area contributed by atoms with Gasteiger partial charge in [-0.05, 0) is 24.3 Å². The summed E-state index contributed by atoms with van der Waals surface area (Å²) in [6, 6.07) is 10.3. The average molecular weight is 278 g/mol. The summed E-state index contributed by atoms with van der Waals surface area (Å²) in [4.78, 5) is 7.82. The molecular formula is C14H18N2O4. The van der Waals surface area contributed by atoms with Gasteiger partial charge in [0.25, 0.3) is 0 Å². The maximum Gasteiger partial charge on any atom is 0.0853 e. The Bertz CT molecular complexity index is 434. The van der Waals surface area contributed by atoms with Crippen molar-refractivity contribution in [2.75, 3.05) is 0 Å². The summed E-state index contributed by atoms with van der Waals surface area (Å²) in [6.45, 7) is -0.302. The number of hydrogen-bond donors (Lipinski definition) is 4. The van der Waals surface area contributed by atoms with E-state index in [1.807, 2.05) is 0 Å². The summed E-state index contributed by atoms with van der Waals surface area (Å²) in [7, 11) is 0. The Morgan fingerprint density at radius 2 is 0.800 bits per heavy atom. The topological polar surface area (TPSA) is 107 Å². The lowest BCUT2D eigenvalue weighted by molar-refractivity contribution is 0.265. The van der Waals surface area contributed by atoms with Crippen molar-refractivity contribution in [2.45, 2.75) is 26.4 Å². The Labute approximate surface area is 117 Å². The van der Waals surface area contributed by atoms with Crippen LogP contribution >= 0.6 is 0 Å². The van der Waals surface area contributed by atoms with Gasteiger partial charge in [0.2, 0.25) is 0 Å². The van der Waals surface area contributed by atoms with Crippen LogP contribution in [0.5, 0.6) is 0 Å². The first kappa shape index (κ1) is 16.2. The van der Waals surface area contributed by atoms with E-state index in [4.69, 9.17) is 20.4 Å². The highest BCUT2D eigenvalue weighted by molar-refractivity contribution is 5.10. The first-order valence-electron chi connectivity index (χ1n) is 6.06. The second-order valence-electron chi connectivity index (χ2n) is 3.87. The van der Waals surface area contributed by atoms with E-state index in [1.165, 1.54) is 0 Å². The Hall–Kier alpha value is -1.86. The summed E-state index contributed by atoms with van der Waals surface area (Å²) >= 11 is 0. The molecule has 0 bridgehead atoms. The minimum absolute atomic E-state index is 0.0756. The molecule has 2 aromatic heterocycles. The quantitative estimate of drug-likeness (QED) is 0.633. The Morgan fingerprint density at radius 3 is 1.00 bits per heavy atom. The first-order valence-corrected chi connectivity index (χ1v) is 6.06. The van der Waals surface area contributed by atoms with Crippen LogP contribution in [0.4, 0.5) is 0 Å². The van der Waals surface area contributed by atoms with Crippen LogP contribution in [0.1, 0.15) is 22.8 Å². The molecule has 2 aromatic rings. The molecule has 0 aliphatic heterocycles. The van der Waals surface area contributed by atoms with E-state index in [0.29, 0.717) is 22.8 Å². The number of nitrogens with zero attached hydrogens (tertiary/aromatic N) is 2. The van der Waals surface area contributed by atoms with Crippen LogP contribution in [0, 0.1) is 0 Å². The van der Waals surface area contributed by atoms with Crippen LogP contribution in [0.25, 0.3) is 0 Å². The van der Waals surface area contributed by atoms with Gasteiger partial charge >= 0.3 is 0 Å². The van der Waals surface area contributed by atoms with Crippen LogP contribution in [0.15, 0.2) is 36.4 Å². The number of rotatable bonds is 4. The van der Waals surface area contributed by atoms with E-state index >= 15 is 0 Å². The molecule has 20 heavy (non-hydrogen) atoms. The normalized spacial score (nSPS) is 9.80. The number of aliphatic hydroxyl groups is 4. The second kappa shape index (κ2) is 9.11. The monoisotopic (exact) mass is 278 g/mol. The zero-order valence-corrected chi connectivity index (χ0v) is 11.0. The summed E-state index contributed by atoms with van der Waals surface area (Å²) in [6.07, 6.45) is 0. The van der Waals surface area contributed by atoms with Crippen molar-refractivity contribution >= 4 is 0 Å². The highest BCUT2D eigenvalue weighted by Gasteiger charge is 1.93. The number of aliphatic hydroxyl groups excluding tert-OH is 4. The fourth-order valence-electron chi connectivity index (χ4n) is 1.41. The second-order valence-corrected chi connectivity index (χ2v) is 3.87. The van der Waals surface area contributed by atoms with Gasteiger partial charge in [-0.3, -0.25) is 9.97 Å². The highest BCUT2D eigenvalue weighted by Crippen LogP contribution is 1.98. The van der Waals surface area contributed by atoms with Crippen molar-refractivity contribution in [2.24, 2.45) is 0 Å². The third kappa shape index (κ3) is 5.41. The number of aromatic nitrogens is 2. The van der Waals surface area contributed by atoms with E-state index in [9.17, 15) is 0 Å². The third-order valence-electron chi connectivity index (χ3n) is 2.38. The Kier molecular flexibility index (Phi) is 7.38. The predicted molar refractivity (Wildman–Crippen MR) is 72.2 cm³/mol. The lowest BCUT2D eigenvalue weighted by Gasteiger charge is -1.96. The molecule has 0 saturated heterocycles. The van der Waals surface area contributed by atoms with Gasteiger partial charge in [0.15, 0.2) is 0 Å². The van der Waals surface area contributed by atoms with Crippen LogP contribution in [0.2, 0.25) is 0 Å². The zero-order chi connectivity index (χ0) is 14.8. The summed E-state index contributed by atoms with van der Waals surface area (Å²) < 4.78 is 0. The molecular weight excluding hydrogens is 260 g/mol. The maximum absolute atomic E-state index is 8.61. The Morgan fingerprint density at radius 1 is 0.550 bits per heavy atom. The van der Waals surface area contributed by atoms with Crippen molar-refractivity contribution < 1.29 is 20.4 Å². The van der Waals surface area contributed by atoms with Gasteiger partial charge in [0.05, 0.1) is 49.2 Å². The molecule has 0 fully saturated rings. The molecule has 0 saturated carbocycles.